The molecule has 0 atom stereocenters. The minimum absolute atomic E-state index is 0.0434. The van der Waals surface area contributed by atoms with E-state index in [1.165, 1.54) is 37.4 Å². The molecule has 2 rings (SSSR count). The number of benzene rings is 2. The SMILES string of the molecule is COc1cccc(C(=O)Nc2ccc(C#N)cc2F)c1O. The third-order valence-electron chi connectivity index (χ3n) is 2.81. The molecular formula is C15H11FN2O3. The molecule has 5 nitrogen and oxygen atoms in total. The Morgan fingerprint density at radius 1 is 1.38 bits per heavy atom. The van der Waals surface area contributed by atoms with Crippen LogP contribution in [0.2, 0.25) is 0 Å². The Bertz CT molecular complexity index is 738. The Hall–Kier alpha value is -3.07. The number of carbonyl (C=O) groups is 1. The van der Waals surface area contributed by atoms with Crippen LogP contribution >= 0.6 is 0 Å². The van der Waals surface area contributed by atoms with Gasteiger partial charge in [0.1, 0.15) is 5.82 Å². The van der Waals surface area contributed by atoms with E-state index in [2.05, 4.69) is 5.32 Å². The highest BCUT2D eigenvalue weighted by Gasteiger charge is 2.16. The molecule has 2 N–H and O–H groups in total. The fourth-order valence-corrected chi connectivity index (χ4v) is 1.75. The first kappa shape index (κ1) is 14.3. The van der Waals surface area contributed by atoms with Gasteiger partial charge in [0, 0.05) is 0 Å². The van der Waals surface area contributed by atoms with Crippen LogP contribution in [0.5, 0.6) is 11.5 Å². The molecule has 2 aromatic carbocycles. The van der Waals surface area contributed by atoms with E-state index in [0.29, 0.717) is 0 Å². The number of ether oxygens (including phenoxy) is 1. The van der Waals surface area contributed by atoms with Crippen LogP contribution in [0.15, 0.2) is 36.4 Å². The van der Waals surface area contributed by atoms with Crippen molar-refractivity contribution in [3.63, 3.8) is 0 Å². The van der Waals surface area contributed by atoms with E-state index in [0.717, 1.165) is 6.07 Å². The van der Waals surface area contributed by atoms with Crippen molar-refractivity contribution in [3.05, 3.63) is 53.3 Å². The topological polar surface area (TPSA) is 82.3 Å². The zero-order chi connectivity index (χ0) is 15.4. The van der Waals surface area contributed by atoms with Gasteiger partial charge in [0.25, 0.3) is 5.91 Å². The highest BCUT2D eigenvalue weighted by molar-refractivity contribution is 6.06. The number of nitrogens with one attached hydrogen (secondary N) is 1. The summed E-state index contributed by atoms with van der Waals surface area (Å²) in [6, 6.07) is 9.88. The lowest BCUT2D eigenvalue weighted by Gasteiger charge is -2.10. The Balaban J connectivity index is 2.29. The molecule has 0 heterocycles. The smallest absolute Gasteiger partial charge is 0.259 e. The van der Waals surface area contributed by atoms with Crippen molar-refractivity contribution in [3.8, 4) is 17.6 Å². The van der Waals surface area contributed by atoms with Gasteiger partial charge in [-0.25, -0.2) is 4.39 Å². The number of nitriles is 1. The summed E-state index contributed by atoms with van der Waals surface area (Å²) in [6.45, 7) is 0. The summed E-state index contributed by atoms with van der Waals surface area (Å²) < 4.78 is 18.6. The zero-order valence-electron chi connectivity index (χ0n) is 11.1. The number of amides is 1. The van der Waals surface area contributed by atoms with Gasteiger partial charge in [0.2, 0.25) is 0 Å². The Morgan fingerprint density at radius 3 is 2.76 bits per heavy atom. The highest BCUT2D eigenvalue weighted by atomic mass is 19.1. The number of phenols is 1. The van der Waals surface area contributed by atoms with Gasteiger partial charge >= 0.3 is 0 Å². The van der Waals surface area contributed by atoms with E-state index in [-0.39, 0.29) is 28.3 Å². The van der Waals surface area contributed by atoms with Gasteiger partial charge in [-0.3, -0.25) is 4.79 Å². The summed E-state index contributed by atoms with van der Waals surface area (Å²) in [4.78, 5) is 12.1. The second-order valence-corrected chi connectivity index (χ2v) is 4.12. The number of phenolic OH excluding ortho intramolecular Hbond substituents is 1. The van der Waals surface area contributed by atoms with Crippen molar-refractivity contribution in [2.24, 2.45) is 0 Å². The van der Waals surface area contributed by atoms with Crippen LogP contribution in [-0.2, 0) is 0 Å². The molecule has 0 spiro atoms. The predicted octanol–water partition coefficient (Wildman–Crippen LogP) is 2.66. The fraction of sp³-hybridized carbons (Fsp3) is 0.0667. The summed E-state index contributed by atoms with van der Waals surface area (Å²) in [5.74, 6) is -1.60. The first-order valence-corrected chi connectivity index (χ1v) is 5.93. The van der Waals surface area contributed by atoms with E-state index >= 15 is 0 Å². The number of hydrogen-bond acceptors (Lipinski definition) is 4. The molecule has 0 aliphatic rings. The molecule has 0 unspecified atom stereocenters. The number of para-hydroxylation sites is 1. The van der Waals surface area contributed by atoms with Crippen LogP contribution in [0.1, 0.15) is 15.9 Å². The zero-order valence-corrected chi connectivity index (χ0v) is 11.1. The number of anilines is 1. The van der Waals surface area contributed by atoms with Crippen LogP contribution in [-0.4, -0.2) is 18.1 Å². The molecule has 0 saturated heterocycles. The molecule has 21 heavy (non-hydrogen) atoms. The first-order valence-electron chi connectivity index (χ1n) is 5.93. The summed E-state index contributed by atoms with van der Waals surface area (Å²) in [5, 5.41) is 20.9. The maximum absolute atomic E-state index is 13.7. The minimum Gasteiger partial charge on any atom is -0.504 e. The van der Waals surface area contributed by atoms with Crippen molar-refractivity contribution in [2.45, 2.75) is 0 Å². The predicted molar refractivity (Wildman–Crippen MR) is 73.7 cm³/mol. The molecule has 0 fully saturated rings. The van der Waals surface area contributed by atoms with Gasteiger partial charge in [0.05, 0.1) is 30.0 Å². The molecule has 0 aromatic heterocycles. The molecule has 2 aromatic rings. The van der Waals surface area contributed by atoms with Crippen LogP contribution < -0.4 is 10.1 Å². The number of hydrogen-bond donors (Lipinski definition) is 2. The largest absolute Gasteiger partial charge is 0.504 e. The van der Waals surface area contributed by atoms with E-state index in [9.17, 15) is 14.3 Å². The monoisotopic (exact) mass is 286 g/mol. The lowest BCUT2D eigenvalue weighted by atomic mass is 10.1. The lowest BCUT2D eigenvalue weighted by Crippen LogP contribution is -2.13. The standard InChI is InChI=1S/C15H11FN2O3/c1-21-13-4-2-3-10(14(13)19)15(20)18-12-6-5-9(8-17)7-11(12)16/h2-7,19H,1H3,(H,18,20). The molecule has 0 aliphatic heterocycles. The summed E-state index contributed by atoms with van der Waals surface area (Å²) in [6.07, 6.45) is 0. The normalized spacial score (nSPS) is 9.76. The van der Waals surface area contributed by atoms with E-state index in [1.54, 1.807) is 6.07 Å². The van der Waals surface area contributed by atoms with Crippen LogP contribution in [0.3, 0.4) is 0 Å². The van der Waals surface area contributed by atoms with Crippen LogP contribution in [0, 0.1) is 17.1 Å². The van der Waals surface area contributed by atoms with Crippen molar-refractivity contribution in [1.82, 2.24) is 0 Å². The highest BCUT2D eigenvalue weighted by Crippen LogP contribution is 2.30. The van der Waals surface area contributed by atoms with E-state index < -0.39 is 11.7 Å². The van der Waals surface area contributed by atoms with Crippen molar-refractivity contribution in [2.75, 3.05) is 12.4 Å². The number of aromatic hydroxyl groups is 1. The van der Waals surface area contributed by atoms with Crippen LogP contribution in [0.25, 0.3) is 0 Å². The van der Waals surface area contributed by atoms with Gasteiger partial charge in [0.15, 0.2) is 11.5 Å². The molecule has 0 aliphatic carbocycles. The molecular weight excluding hydrogens is 275 g/mol. The number of methoxy groups -OCH3 is 1. The summed E-state index contributed by atoms with van der Waals surface area (Å²) in [5.41, 5.74) is 0.0223. The number of nitrogens with zero attached hydrogens (tertiary/aromatic N) is 1. The fourth-order valence-electron chi connectivity index (χ4n) is 1.75. The summed E-state index contributed by atoms with van der Waals surface area (Å²) in [7, 11) is 1.36. The molecule has 1 amide bonds. The second-order valence-electron chi connectivity index (χ2n) is 4.12. The molecule has 106 valence electrons. The molecule has 6 heteroatoms. The number of carbonyl (C=O) groups excluding carboxylic acids is 1. The van der Waals surface area contributed by atoms with Crippen molar-refractivity contribution in [1.29, 1.82) is 5.26 Å². The summed E-state index contributed by atoms with van der Waals surface area (Å²) >= 11 is 0. The van der Waals surface area contributed by atoms with Gasteiger partial charge in [-0.05, 0) is 30.3 Å². The molecule has 0 saturated carbocycles. The Kier molecular flexibility index (Phi) is 4.05. The van der Waals surface area contributed by atoms with Crippen molar-refractivity contribution >= 4 is 11.6 Å². The van der Waals surface area contributed by atoms with Gasteiger partial charge in [-0.1, -0.05) is 6.07 Å². The molecule has 0 bridgehead atoms. The third-order valence-corrected chi connectivity index (χ3v) is 2.81. The van der Waals surface area contributed by atoms with Gasteiger partial charge in [-0.15, -0.1) is 0 Å². The maximum Gasteiger partial charge on any atom is 0.259 e. The Labute approximate surface area is 120 Å². The van der Waals surface area contributed by atoms with Crippen molar-refractivity contribution < 1.29 is 19.0 Å². The van der Waals surface area contributed by atoms with Gasteiger partial charge < -0.3 is 15.2 Å². The maximum atomic E-state index is 13.7. The quantitative estimate of drug-likeness (QED) is 0.908. The third kappa shape index (κ3) is 2.92. The average Bonchev–Trinajstić information content (AvgIpc) is 2.49. The molecule has 0 radical (unpaired) electrons. The lowest BCUT2D eigenvalue weighted by molar-refractivity contribution is 0.102. The minimum atomic E-state index is -0.732. The van der Waals surface area contributed by atoms with E-state index in [4.69, 9.17) is 10.00 Å². The number of halogens is 1. The Morgan fingerprint density at radius 2 is 2.14 bits per heavy atom. The second kappa shape index (κ2) is 5.92. The van der Waals surface area contributed by atoms with Gasteiger partial charge in [-0.2, -0.15) is 5.26 Å². The van der Waals surface area contributed by atoms with Crippen LogP contribution in [0.4, 0.5) is 10.1 Å². The number of rotatable bonds is 3. The van der Waals surface area contributed by atoms with E-state index in [1.807, 2.05) is 0 Å². The first-order chi connectivity index (χ1) is 10.1. The average molecular weight is 286 g/mol.